The quantitative estimate of drug-likeness (QED) is 0.306. The molecule has 2 rings (SSSR count). The van der Waals surface area contributed by atoms with Gasteiger partial charge in [-0.15, -0.1) is 0 Å². The van der Waals surface area contributed by atoms with Crippen LogP contribution in [0.5, 0.6) is 5.75 Å². The van der Waals surface area contributed by atoms with Crippen LogP contribution >= 0.6 is 67.8 Å². The molecule has 1 saturated heterocycles. The van der Waals surface area contributed by atoms with Gasteiger partial charge in [0.05, 0.1) is 18.8 Å². The fraction of sp³-hybridized carbons (Fsp3) is 0.364. The zero-order valence-corrected chi connectivity index (χ0v) is 18.7. The van der Waals surface area contributed by atoms with Crippen LogP contribution in [0.15, 0.2) is 6.07 Å². The number of carbonyl (C=O) groups is 1. The Bertz CT molecular complexity index is 493. The van der Waals surface area contributed by atoms with Crippen molar-refractivity contribution in [2.24, 2.45) is 0 Å². The van der Waals surface area contributed by atoms with E-state index in [1.54, 1.807) is 11.0 Å². The zero-order chi connectivity index (χ0) is 13.3. The number of amides is 1. The Morgan fingerprint density at radius 1 is 1.21 bits per heavy atom. The van der Waals surface area contributed by atoms with Gasteiger partial charge in [-0.05, 0) is 73.8 Å². The summed E-state index contributed by atoms with van der Waals surface area (Å²) in [4.78, 5) is 14.2. The number of morpholine rings is 1. The minimum atomic E-state index is -0.0689. The summed E-state index contributed by atoms with van der Waals surface area (Å²) >= 11 is 6.08. The largest absolute Gasteiger partial charge is 1.00 e. The standard InChI is InChI=1S/C11H10I3NO3.Na/c12-6-5-7(13)10(16)9(14)8(6)11(17)15-1-3-18-4-2-15;/h5,16H,1-4H2;/q;+1/p-1. The summed E-state index contributed by atoms with van der Waals surface area (Å²) < 4.78 is 7.23. The van der Waals surface area contributed by atoms with E-state index in [1.807, 2.05) is 45.2 Å². The smallest absolute Gasteiger partial charge is 0.871 e. The van der Waals surface area contributed by atoms with Crippen LogP contribution in [0.3, 0.4) is 0 Å². The number of rotatable bonds is 1. The van der Waals surface area contributed by atoms with E-state index >= 15 is 0 Å². The van der Waals surface area contributed by atoms with Crippen LogP contribution in [0.4, 0.5) is 0 Å². The van der Waals surface area contributed by atoms with Gasteiger partial charge in [0.15, 0.2) is 0 Å². The summed E-state index contributed by atoms with van der Waals surface area (Å²) in [5.74, 6) is -0.131. The average molecular weight is 607 g/mol. The SMILES string of the molecule is O=C(c1c(I)cc(I)c([O-])c1I)N1CCOCC1.[Na+]. The van der Waals surface area contributed by atoms with Crippen molar-refractivity contribution in [1.29, 1.82) is 0 Å². The van der Waals surface area contributed by atoms with Crippen molar-refractivity contribution in [2.45, 2.75) is 0 Å². The van der Waals surface area contributed by atoms with E-state index in [0.29, 0.717) is 39.0 Å². The number of nitrogens with zero attached hydrogens (tertiary/aromatic N) is 1. The Balaban J connectivity index is 0.00000180. The molecule has 0 aromatic heterocycles. The van der Waals surface area contributed by atoms with Crippen LogP contribution in [0.2, 0.25) is 0 Å². The monoisotopic (exact) mass is 607 g/mol. The summed E-state index contributed by atoms with van der Waals surface area (Å²) in [6.45, 7) is 2.30. The molecular formula is C11H9I3NNaO3. The Morgan fingerprint density at radius 3 is 2.37 bits per heavy atom. The number of hydrogen-bond acceptors (Lipinski definition) is 3. The second kappa shape index (κ2) is 8.32. The molecule has 19 heavy (non-hydrogen) atoms. The summed E-state index contributed by atoms with van der Waals surface area (Å²) in [5, 5.41) is 11.9. The van der Waals surface area contributed by atoms with Crippen molar-refractivity contribution < 1.29 is 44.2 Å². The average Bonchev–Trinajstić information content (AvgIpc) is 2.37. The summed E-state index contributed by atoms with van der Waals surface area (Å²) in [5.41, 5.74) is 0.531. The number of halogens is 3. The first kappa shape index (κ1) is 18.7. The third kappa shape index (κ3) is 4.31. The molecule has 4 nitrogen and oxygen atoms in total. The predicted octanol–water partition coefficient (Wildman–Crippen LogP) is -0.950. The number of hydrogen-bond donors (Lipinski definition) is 0. The van der Waals surface area contributed by atoms with Crippen molar-refractivity contribution in [3.8, 4) is 5.75 Å². The van der Waals surface area contributed by atoms with E-state index in [4.69, 9.17) is 4.74 Å². The normalized spacial score (nSPS) is 15.0. The first-order valence-corrected chi connectivity index (χ1v) is 8.47. The van der Waals surface area contributed by atoms with E-state index in [2.05, 4.69) is 22.6 Å². The fourth-order valence-corrected chi connectivity index (χ4v) is 5.53. The predicted molar refractivity (Wildman–Crippen MR) is 90.8 cm³/mol. The molecule has 0 N–H and O–H groups in total. The van der Waals surface area contributed by atoms with Crippen LogP contribution in [0.1, 0.15) is 10.4 Å². The molecule has 0 radical (unpaired) electrons. The maximum absolute atomic E-state index is 12.4. The van der Waals surface area contributed by atoms with Gasteiger partial charge in [0.2, 0.25) is 0 Å². The van der Waals surface area contributed by atoms with Gasteiger partial charge in [0, 0.05) is 23.8 Å². The molecule has 0 bridgehead atoms. The summed E-state index contributed by atoms with van der Waals surface area (Å²) in [6, 6.07) is 1.76. The summed E-state index contributed by atoms with van der Waals surface area (Å²) in [6.07, 6.45) is 0. The zero-order valence-electron chi connectivity index (χ0n) is 10.2. The maximum atomic E-state index is 12.4. The van der Waals surface area contributed by atoms with Crippen molar-refractivity contribution in [3.05, 3.63) is 22.3 Å². The van der Waals surface area contributed by atoms with Crippen molar-refractivity contribution >= 4 is 73.7 Å². The third-order valence-corrected chi connectivity index (χ3v) is 5.32. The van der Waals surface area contributed by atoms with Gasteiger partial charge in [-0.1, -0.05) is 5.75 Å². The second-order valence-electron chi connectivity index (χ2n) is 3.76. The molecular weight excluding hydrogens is 598 g/mol. The van der Waals surface area contributed by atoms with Crippen LogP contribution in [0.25, 0.3) is 0 Å². The van der Waals surface area contributed by atoms with Gasteiger partial charge < -0.3 is 14.7 Å². The molecule has 0 saturated carbocycles. The van der Waals surface area contributed by atoms with Crippen LogP contribution in [0, 0.1) is 10.7 Å². The molecule has 1 heterocycles. The van der Waals surface area contributed by atoms with E-state index in [9.17, 15) is 9.90 Å². The Labute approximate surface area is 174 Å². The van der Waals surface area contributed by atoms with E-state index in [0.717, 1.165) is 3.57 Å². The topological polar surface area (TPSA) is 52.6 Å². The minimum Gasteiger partial charge on any atom is -0.871 e. The molecule has 0 aliphatic carbocycles. The fourth-order valence-electron chi connectivity index (χ4n) is 1.69. The molecule has 1 aromatic rings. The molecule has 0 spiro atoms. The molecule has 1 aliphatic rings. The van der Waals surface area contributed by atoms with Gasteiger partial charge >= 0.3 is 29.6 Å². The first-order chi connectivity index (χ1) is 8.52. The minimum absolute atomic E-state index is 0. The van der Waals surface area contributed by atoms with Gasteiger partial charge in [-0.3, -0.25) is 4.79 Å². The number of benzene rings is 1. The molecule has 1 fully saturated rings. The van der Waals surface area contributed by atoms with E-state index in [-0.39, 0.29) is 41.2 Å². The van der Waals surface area contributed by atoms with Gasteiger partial charge in [0.25, 0.3) is 5.91 Å². The second-order valence-corrected chi connectivity index (χ2v) is 7.17. The van der Waals surface area contributed by atoms with Crippen LogP contribution in [-0.2, 0) is 4.74 Å². The molecule has 1 amide bonds. The van der Waals surface area contributed by atoms with Gasteiger partial charge in [-0.2, -0.15) is 0 Å². The molecule has 98 valence electrons. The van der Waals surface area contributed by atoms with Gasteiger partial charge in [-0.25, -0.2) is 0 Å². The van der Waals surface area contributed by atoms with Crippen LogP contribution in [-0.4, -0.2) is 37.1 Å². The van der Waals surface area contributed by atoms with Crippen molar-refractivity contribution in [3.63, 3.8) is 0 Å². The first-order valence-electron chi connectivity index (χ1n) is 5.24. The summed E-state index contributed by atoms with van der Waals surface area (Å²) in [7, 11) is 0. The molecule has 1 aliphatic heterocycles. The van der Waals surface area contributed by atoms with E-state index < -0.39 is 0 Å². The molecule has 0 unspecified atom stereocenters. The Kier molecular flexibility index (Phi) is 8.18. The maximum Gasteiger partial charge on any atom is 1.00 e. The molecule has 1 aromatic carbocycles. The van der Waals surface area contributed by atoms with Gasteiger partial charge in [0.1, 0.15) is 0 Å². The molecule has 0 atom stereocenters. The van der Waals surface area contributed by atoms with Crippen LogP contribution < -0.4 is 34.7 Å². The van der Waals surface area contributed by atoms with E-state index in [1.165, 1.54) is 0 Å². The number of ether oxygens (including phenoxy) is 1. The Morgan fingerprint density at radius 2 is 1.79 bits per heavy atom. The van der Waals surface area contributed by atoms with Crippen molar-refractivity contribution in [2.75, 3.05) is 26.3 Å². The van der Waals surface area contributed by atoms with Crippen molar-refractivity contribution in [1.82, 2.24) is 4.90 Å². The third-order valence-electron chi connectivity index (χ3n) is 2.64. The molecule has 8 heteroatoms. The number of carbonyl (C=O) groups excluding carboxylic acids is 1. The Hall–Kier alpha value is 1.64.